The van der Waals surface area contributed by atoms with Crippen LogP contribution >= 0.6 is 0 Å². The third kappa shape index (κ3) is 2.49. The smallest absolute Gasteiger partial charge is 0.136 e. The third-order valence-corrected chi connectivity index (χ3v) is 2.24. The van der Waals surface area contributed by atoms with E-state index in [1.54, 1.807) is 0 Å². The molecule has 16 heavy (non-hydrogen) atoms. The summed E-state index contributed by atoms with van der Waals surface area (Å²) in [5.41, 5.74) is 0.731. The first-order valence-electron chi connectivity index (χ1n) is 4.69. The van der Waals surface area contributed by atoms with E-state index in [2.05, 4.69) is 0 Å². The van der Waals surface area contributed by atoms with Crippen LogP contribution in [-0.4, -0.2) is 35.1 Å². The molecule has 2 atom stereocenters. The van der Waals surface area contributed by atoms with Crippen LogP contribution in [0.2, 0.25) is 0 Å². The highest BCUT2D eigenvalue weighted by atomic mass is 16.5. The Kier molecular flexibility index (Phi) is 4.26. The summed E-state index contributed by atoms with van der Waals surface area (Å²) in [4.78, 5) is 0. The molecule has 0 saturated carbocycles. The van der Waals surface area contributed by atoms with Crippen LogP contribution < -0.4 is 4.74 Å². The van der Waals surface area contributed by atoms with Gasteiger partial charge in [-0.1, -0.05) is 6.07 Å². The number of aliphatic hydroxyl groups is 3. The molecule has 0 fully saturated rings. The molecule has 1 aromatic rings. The lowest BCUT2D eigenvalue weighted by Gasteiger charge is -2.16. The first-order chi connectivity index (χ1) is 7.63. The average molecular weight is 223 g/mol. The summed E-state index contributed by atoms with van der Waals surface area (Å²) in [6.45, 7) is -0.538. The van der Waals surface area contributed by atoms with Crippen molar-refractivity contribution in [3.05, 3.63) is 29.3 Å². The lowest BCUT2D eigenvalue weighted by molar-refractivity contribution is -0.0153. The number of benzene rings is 1. The number of hydrogen-bond donors (Lipinski definition) is 3. The van der Waals surface area contributed by atoms with Gasteiger partial charge < -0.3 is 20.1 Å². The van der Waals surface area contributed by atoms with Crippen molar-refractivity contribution in [1.29, 1.82) is 5.26 Å². The second-order valence-electron chi connectivity index (χ2n) is 3.27. The van der Waals surface area contributed by atoms with Gasteiger partial charge in [0.2, 0.25) is 0 Å². The highest BCUT2D eigenvalue weighted by Gasteiger charge is 2.18. The molecule has 0 bridgehead atoms. The summed E-state index contributed by atoms with van der Waals surface area (Å²) in [7, 11) is 1.41. The minimum atomic E-state index is -1.25. The lowest BCUT2D eigenvalue weighted by Crippen LogP contribution is -2.22. The molecule has 0 heterocycles. The molecule has 2 unspecified atom stereocenters. The molecule has 1 aromatic carbocycles. The SMILES string of the molecule is COc1cc(C(O)C(O)CO)ccc1C#N. The number of rotatable bonds is 4. The molecule has 5 heteroatoms. The zero-order chi connectivity index (χ0) is 12.1. The van der Waals surface area contributed by atoms with Crippen LogP contribution in [0.4, 0.5) is 0 Å². The van der Waals surface area contributed by atoms with Gasteiger partial charge in [-0.15, -0.1) is 0 Å². The van der Waals surface area contributed by atoms with E-state index < -0.39 is 18.8 Å². The Hall–Kier alpha value is -1.61. The zero-order valence-corrected chi connectivity index (χ0v) is 8.79. The highest BCUT2D eigenvalue weighted by Crippen LogP contribution is 2.24. The average Bonchev–Trinajstić information content (AvgIpc) is 2.35. The van der Waals surface area contributed by atoms with Crippen LogP contribution in [0.1, 0.15) is 17.2 Å². The topological polar surface area (TPSA) is 93.7 Å². The van der Waals surface area contributed by atoms with Crippen molar-refractivity contribution in [2.24, 2.45) is 0 Å². The summed E-state index contributed by atoms with van der Waals surface area (Å²) in [6.07, 6.45) is -2.45. The standard InChI is InChI=1S/C11H13NO4/c1-16-10-4-7(2-3-8(10)5-12)11(15)9(14)6-13/h2-4,9,11,13-15H,6H2,1H3. The molecule has 5 nitrogen and oxygen atoms in total. The van der Waals surface area contributed by atoms with Gasteiger partial charge in [0.15, 0.2) is 0 Å². The Morgan fingerprint density at radius 3 is 2.62 bits per heavy atom. The van der Waals surface area contributed by atoms with Crippen molar-refractivity contribution in [3.8, 4) is 11.8 Å². The monoisotopic (exact) mass is 223 g/mol. The third-order valence-electron chi connectivity index (χ3n) is 2.24. The Morgan fingerprint density at radius 1 is 1.44 bits per heavy atom. The van der Waals surface area contributed by atoms with Gasteiger partial charge in [0, 0.05) is 0 Å². The fourth-order valence-electron chi connectivity index (χ4n) is 1.31. The summed E-state index contributed by atoms with van der Waals surface area (Å²) >= 11 is 0. The molecular formula is C11H13NO4. The van der Waals surface area contributed by atoms with Gasteiger partial charge in [0.05, 0.1) is 19.3 Å². The fourth-order valence-corrected chi connectivity index (χ4v) is 1.31. The molecule has 0 aromatic heterocycles. The fraction of sp³-hybridized carbons (Fsp3) is 0.364. The Labute approximate surface area is 93.1 Å². The first-order valence-corrected chi connectivity index (χ1v) is 4.69. The van der Waals surface area contributed by atoms with Crippen molar-refractivity contribution >= 4 is 0 Å². The van der Waals surface area contributed by atoms with Gasteiger partial charge in [-0.3, -0.25) is 0 Å². The van der Waals surface area contributed by atoms with Gasteiger partial charge in [0.1, 0.15) is 24.0 Å². The van der Waals surface area contributed by atoms with Crippen molar-refractivity contribution in [3.63, 3.8) is 0 Å². The number of nitrogens with zero attached hydrogens (tertiary/aromatic N) is 1. The van der Waals surface area contributed by atoms with E-state index in [-0.39, 0.29) is 0 Å². The number of ether oxygens (including phenoxy) is 1. The van der Waals surface area contributed by atoms with Gasteiger partial charge >= 0.3 is 0 Å². The van der Waals surface area contributed by atoms with Crippen LogP contribution in [0, 0.1) is 11.3 Å². The minimum Gasteiger partial charge on any atom is -0.495 e. The first kappa shape index (κ1) is 12.5. The van der Waals surface area contributed by atoms with Crippen LogP contribution in [0.15, 0.2) is 18.2 Å². The van der Waals surface area contributed by atoms with Gasteiger partial charge in [0.25, 0.3) is 0 Å². The van der Waals surface area contributed by atoms with E-state index >= 15 is 0 Å². The molecule has 0 spiro atoms. The van der Waals surface area contributed by atoms with Crippen molar-refractivity contribution < 1.29 is 20.1 Å². The maximum atomic E-state index is 9.62. The molecule has 3 N–H and O–H groups in total. The molecule has 0 radical (unpaired) electrons. The number of nitriles is 1. The quantitative estimate of drug-likeness (QED) is 0.665. The second kappa shape index (κ2) is 5.47. The number of aliphatic hydroxyl groups excluding tert-OH is 3. The number of methoxy groups -OCH3 is 1. The maximum absolute atomic E-state index is 9.62. The predicted octanol–water partition coefficient (Wildman–Crippen LogP) is -0.0465. The lowest BCUT2D eigenvalue weighted by atomic mass is 10.0. The molecule has 86 valence electrons. The van der Waals surface area contributed by atoms with Gasteiger partial charge in [-0.05, 0) is 17.7 Å². The van der Waals surface area contributed by atoms with E-state index in [1.165, 1.54) is 25.3 Å². The molecular weight excluding hydrogens is 210 g/mol. The van der Waals surface area contributed by atoms with Gasteiger partial charge in [-0.2, -0.15) is 5.26 Å². The van der Waals surface area contributed by atoms with Crippen molar-refractivity contribution in [2.45, 2.75) is 12.2 Å². The van der Waals surface area contributed by atoms with E-state index in [4.69, 9.17) is 15.1 Å². The summed E-state index contributed by atoms with van der Waals surface area (Å²) < 4.78 is 4.96. The van der Waals surface area contributed by atoms with E-state index in [9.17, 15) is 10.2 Å². The maximum Gasteiger partial charge on any atom is 0.136 e. The largest absolute Gasteiger partial charge is 0.495 e. The molecule has 0 amide bonds. The molecule has 0 saturated heterocycles. The van der Waals surface area contributed by atoms with E-state index in [0.717, 1.165) is 0 Å². The van der Waals surface area contributed by atoms with Crippen molar-refractivity contribution in [2.75, 3.05) is 13.7 Å². The summed E-state index contributed by atoms with van der Waals surface area (Å²) in [5.74, 6) is 0.323. The van der Waals surface area contributed by atoms with Crippen LogP contribution in [-0.2, 0) is 0 Å². The molecule has 0 aliphatic rings. The Bertz CT molecular complexity index is 399. The minimum absolute atomic E-state index is 0.323. The Morgan fingerprint density at radius 2 is 2.12 bits per heavy atom. The molecule has 1 rings (SSSR count). The number of hydrogen-bond acceptors (Lipinski definition) is 5. The second-order valence-corrected chi connectivity index (χ2v) is 3.27. The molecule has 0 aliphatic heterocycles. The zero-order valence-electron chi connectivity index (χ0n) is 8.79. The summed E-state index contributed by atoms with van der Waals surface area (Å²) in [5, 5.41) is 36.3. The predicted molar refractivity (Wildman–Crippen MR) is 55.8 cm³/mol. The highest BCUT2D eigenvalue weighted by molar-refractivity contribution is 5.45. The van der Waals surface area contributed by atoms with Crippen LogP contribution in [0.5, 0.6) is 5.75 Å². The normalized spacial score (nSPS) is 13.9. The van der Waals surface area contributed by atoms with Gasteiger partial charge in [-0.25, -0.2) is 0 Å². The van der Waals surface area contributed by atoms with E-state index in [1.807, 2.05) is 6.07 Å². The Balaban J connectivity index is 3.04. The van der Waals surface area contributed by atoms with Crippen molar-refractivity contribution in [1.82, 2.24) is 0 Å². The van der Waals surface area contributed by atoms with Crippen LogP contribution in [0.3, 0.4) is 0 Å². The molecule has 0 aliphatic carbocycles. The van der Waals surface area contributed by atoms with E-state index in [0.29, 0.717) is 16.9 Å². The van der Waals surface area contributed by atoms with Crippen LogP contribution in [0.25, 0.3) is 0 Å². The summed E-state index contributed by atoms with van der Waals surface area (Å²) in [6, 6.07) is 6.39.